The Balaban J connectivity index is 2.33. The van der Waals surface area contributed by atoms with Gasteiger partial charge in [-0.1, -0.05) is 52.0 Å². The lowest BCUT2D eigenvalue weighted by Gasteiger charge is -2.38. The Morgan fingerprint density at radius 2 is 1.76 bits per heavy atom. The van der Waals surface area contributed by atoms with Crippen molar-refractivity contribution in [2.45, 2.75) is 85.9 Å². The van der Waals surface area contributed by atoms with Gasteiger partial charge >= 0.3 is 0 Å². The molecule has 0 heterocycles. The Bertz CT molecular complexity index is 339. The molecule has 1 aliphatic carbocycles. The summed E-state index contributed by atoms with van der Waals surface area (Å²) in [5.41, 5.74) is 1.58. The van der Waals surface area contributed by atoms with E-state index in [4.69, 9.17) is 4.74 Å². The molecule has 21 heavy (non-hydrogen) atoms. The molecule has 1 fully saturated rings. The largest absolute Gasteiger partial charge is 0.375 e. The van der Waals surface area contributed by atoms with Gasteiger partial charge in [0.25, 0.3) is 0 Å². The third kappa shape index (κ3) is 6.82. The highest BCUT2D eigenvalue weighted by molar-refractivity contribution is 5.10. The Morgan fingerprint density at radius 1 is 1.19 bits per heavy atom. The molecule has 1 aliphatic rings. The zero-order valence-corrected chi connectivity index (χ0v) is 15.1. The second kappa shape index (κ2) is 8.17. The van der Waals surface area contributed by atoms with Crippen LogP contribution in [-0.4, -0.2) is 12.2 Å². The van der Waals surface area contributed by atoms with Crippen molar-refractivity contribution in [3.8, 4) is 0 Å². The third-order valence-electron chi connectivity index (χ3n) is 5.02. The minimum absolute atomic E-state index is 0.343. The number of ether oxygens (including phenoxy) is 1. The number of hydrogen-bond donors (Lipinski definition) is 0. The lowest BCUT2D eigenvalue weighted by atomic mass is 9.72. The number of hydrogen-bond acceptors (Lipinski definition) is 1. The van der Waals surface area contributed by atoms with E-state index in [1.54, 1.807) is 0 Å². The first-order valence-electron chi connectivity index (χ1n) is 8.67. The Labute approximate surface area is 132 Å². The number of rotatable bonds is 6. The summed E-state index contributed by atoms with van der Waals surface area (Å²) < 4.78 is 6.32. The van der Waals surface area contributed by atoms with Gasteiger partial charge < -0.3 is 4.74 Å². The molecule has 0 aliphatic heterocycles. The minimum Gasteiger partial charge on any atom is -0.375 e. The van der Waals surface area contributed by atoms with Crippen LogP contribution in [0.3, 0.4) is 0 Å². The quantitative estimate of drug-likeness (QED) is 0.533. The predicted octanol–water partition coefficient (Wildman–Crippen LogP) is 6.15. The Hall–Kier alpha value is -0.560. The van der Waals surface area contributed by atoms with Crippen molar-refractivity contribution in [3.63, 3.8) is 0 Å². The maximum atomic E-state index is 6.32. The summed E-state index contributed by atoms with van der Waals surface area (Å²) in [5, 5.41) is 0. The SMILES string of the molecule is C=C(C)/C=C\C[C@@H](C)C(C)OC1CCC(C(C)(C)C)CC1. The molecule has 0 bridgehead atoms. The summed E-state index contributed by atoms with van der Waals surface area (Å²) >= 11 is 0. The van der Waals surface area contributed by atoms with Crippen molar-refractivity contribution in [2.24, 2.45) is 17.3 Å². The van der Waals surface area contributed by atoms with Gasteiger partial charge in [0.05, 0.1) is 12.2 Å². The molecule has 0 aromatic carbocycles. The summed E-state index contributed by atoms with van der Waals surface area (Å²) in [5.74, 6) is 1.43. The van der Waals surface area contributed by atoms with Crippen LogP contribution in [0.2, 0.25) is 0 Å². The second-order valence-electron chi connectivity index (χ2n) is 8.14. The van der Waals surface area contributed by atoms with Gasteiger partial charge in [-0.3, -0.25) is 0 Å². The van der Waals surface area contributed by atoms with E-state index in [1.807, 2.05) is 6.92 Å². The molecule has 0 aromatic rings. The van der Waals surface area contributed by atoms with Crippen molar-refractivity contribution >= 4 is 0 Å². The molecule has 1 unspecified atom stereocenters. The second-order valence-corrected chi connectivity index (χ2v) is 8.14. The van der Waals surface area contributed by atoms with E-state index in [2.05, 4.69) is 53.3 Å². The molecule has 0 amide bonds. The van der Waals surface area contributed by atoms with Crippen LogP contribution in [0, 0.1) is 17.3 Å². The van der Waals surface area contributed by atoms with Gasteiger partial charge in [0.1, 0.15) is 0 Å². The fraction of sp³-hybridized carbons (Fsp3) is 0.800. The molecular weight excluding hydrogens is 256 g/mol. The Kier molecular flexibility index (Phi) is 7.20. The maximum Gasteiger partial charge on any atom is 0.0579 e. The molecule has 0 spiro atoms. The van der Waals surface area contributed by atoms with Gasteiger partial charge in [-0.2, -0.15) is 0 Å². The highest BCUT2D eigenvalue weighted by atomic mass is 16.5. The van der Waals surface area contributed by atoms with Gasteiger partial charge in [-0.05, 0) is 63.2 Å². The normalized spacial score (nSPS) is 26.8. The standard InChI is InChI=1S/C20H36O/c1-15(2)9-8-10-16(3)17(4)21-19-13-11-18(12-14-19)20(5,6)7/h8-9,16-19H,1,10-14H2,2-7H3/b9-8-/t16-,17?,18?,19?/m1/s1. The van der Waals surface area contributed by atoms with E-state index in [0.717, 1.165) is 17.9 Å². The molecule has 0 saturated heterocycles. The van der Waals surface area contributed by atoms with E-state index in [1.165, 1.54) is 25.7 Å². The highest BCUT2D eigenvalue weighted by Crippen LogP contribution is 2.39. The fourth-order valence-electron chi connectivity index (χ4n) is 3.18. The molecular formula is C20H36O. The first-order valence-corrected chi connectivity index (χ1v) is 8.67. The molecule has 1 heteroatoms. The zero-order valence-electron chi connectivity index (χ0n) is 15.1. The van der Waals surface area contributed by atoms with Crippen LogP contribution in [0.15, 0.2) is 24.3 Å². The van der Waals surface area contributed by atoms with Crippen molar-refractivity contribution in [1.82, 2.24) is 0 Å². The van der Waals surface area contributed by atoms with Crippen LogP contribution in [-0.2, 0) is 4.74 Å². The average molecular weight is 293 g/mol. The van der Waals surface area contributed by atoms with Crippen LogP contribution < -0.4 is 0 Å². The summed E-state index contributed by atoms with van der Waals surface area (Å²) in [6.07, 6.45) is 11.4. The molecule has 0 radical (unpaired) electrons. The van der Waals surface area contributed by atoms with Gasteiger partial charge in [0.2, 0.25) is 0 Å². The van der Waals surface area contributed by atoms with E-state index < -0.39 is 0 Å². The Morgan fingerprint density at radius 3 is 2.24 bits per heavy atom. The monoisotopic (exact) mass is 292 g/mol. The molecule has 0 N–H and O–H groups in total. The minimum atomic E-state index is 0.343. The first kappa shape index (κ1) is 18.5. The van der Waals surface area contributed by atoms with Crippen LogP contribution in [0.1, 0.15) is 73.6 Å². The van der Waals surface area contributed by atoms with Crippen molar-refractivity contribution in [1.29, 1.82) is 0 Å². The summed E-state index contributed by atoms with van der Waals surface area (Å²) in [7, 11) is 0. The zero-order chi connectivity index (χ0) is 16.0. The summed E-state index contributed by atoms with van der Waals surface area (Å²) in [4.78, 5) is 0. The first-order chi connectivity index (χ1) is 9.70. The van der Waals surface area contributed by atoms with E-state index in [-0.39, 0.29) is 0 Å². The van der Waals surface area contributed by atoms with Crippen molar-refractivity contribution < 1.29 is 4.74 Å². The third-order valence-corrected chi connectivity index (χ3v) is 5.02. The van der Waals surface area contributed by atoms with Crippen molar-refractivity contribution in [3.05, 3.63) is 24.3 Å². The molecule has 1 nitrogen and oxygen atoms in total. The van der Waals surface area contributed by atoms with Crippen molar-refractivity contribution in [2.75, 3.05) is 0 Å². The summed E-state index contributed by atoms with van der Waals surface area (Å²) in [6, 6.07) is 0. The molecule has 122 valence electrons. The lowest BCUT2D eigenvalue weighted by Crippen LogP contribution is -2.32. The van der Waals surface area contributed by atoms with Crippen LogP contribution in [0.25, 0.3) is 0 Å². The number of allylic oxidation sites excluding steroid dienone is 3. The smallest absolute Gasteiger partial charge is 0.0579 e. The fourth-order valence-corrected chi connectivity index (χ4v) is 3.18. The maximum absolute atomic E-state index is 6.32. The van der Waals surface area contributed by atoms with Gasteiger partial charge in [-0.15, -0.1) is 0 Å². The molecule has 1 saturated carbocycles. The molecule has 2 atom stereocenters. The summed E-state index contributed by atoms with van der Waals surface area (Å²) in [6.45, 7) is 17.6. The topological polar surface area (TPSA) is 9.23 Å². The van der Waals surface area contributed by atoms with Crippen LogP contribution >= 0.6 is 0 Å². The predicted molar refractivity (Wildman–Crippen MR) is 93.5 cm³/mol. The van der Waals surface area contributed by atoms with E-state index >= 15 is 0 Å². The van der Waals surface area contributed by atoms with Gasteiger partial charge in [0.15, 0.2) is 0 Å². The van der Waals surface area contributed by atoms with E-state index in [9.17, 15) is 0 Å². The highest BCUT2D eigenvalue weighted by Gasteiger charge is 2.30. The van der Waals surface area contributed by atoms with Crippen LogP contribution in [0.5, 0.6) is 0 Å². The lowest BCUT2D eigenvalue weighted by molar-refractivity contribution is -0.0565. The van der Waals surface area contributed by atoms with E-state index in [0.29, 0.717) is 23.5 Å². The molecule has 0 aromatic heterocycles. The van der Waals surface area contributed by atoms with Gasteiger partial charge in [0, 0.05) is 0 Å². The average Bonchev–Trinajstić information content (AvgIpc) is 2.37. The van der Waals surface area contributed by atoms with Gasteiger partial charge in [-0.25, -0.2) is 0 Å². The molecule has 1 rings (SSSR count). The van der Waals surface area contributed by atoms with Crippen LogP contribution in [0.4, 0.5) is 0 Å².